The minimum Gasteiger partial charge on any atom is -0.395 e. The van der Waals surface area contributed by atoms with Crippen LogP contribution >= 0.6 is 0 Å². The van der Waals surface area contributed by atoms with E-state index >= 15 is 0 Å². The van der Waals surface area contributed by atoms with Gasteiger partial charge in [0.05, 0.1) is 6.42 Å². The highest BCUT2D eigenvalue weighted by atomic mass is 19.4. The molecule has 0 amide bonds. The minimum atomic E-state index is -5.11. The molecule has 1 aromatic carbocycles. The van der Waals surface area contributed by atoms with E-state index in [1.165, 1.54) is 11.1 Å². The van der Waals surface area contributed by atoms with E-state index < -0.39 is 36.4 Å². The normalized spacial score (nSPS) is 12.3. The van der Waals surface area contributed by atoms with Gasteiger partial charge >= 0.3 is 18.3 Å². The van der Waals surface area contributed by atoms with Gasteiger partial charge in [-0.3, -0.25) is 0 Å². The van der Waals surface area contributed by atoms with Crippen molar-refractivity contribution in [3.05, 3.63) is 53.6 Å². The summed E-state index contributed by atoms with van der Waals surface area (Å²) >= 11 is 0. The van der Waals surface area contributed by atoms with Gasteiger partial charge < -0.3 is 4.74 Å². The average molecular weight is 382 g/mol. The summed E-state index contributed by atoms with van der Waals surface area (Å²) in [6.07, 6.45) is -13.8. The van der Waals surface area contributed by atoms with E-state index in [1.807, 2.05) is 6.07 Å². The van der Waals surface area contributed by atoms with E-state index in [-0.39, 0.29) is 0 Å². The number of rotatable bonds is 5. The quantitative estimate of drug-likeness (QED) is 0.349. The largest absolute Gasteiger partial charge is 0.432 e. The highest BCUT2D eigenvalue weighted by Crippen LogP contribution is 2.33. The van der Waals surface area contributed by atoms with Crippen molar-refractivity contribution in [3.8, 4) is 0 Å². The van der Waals surface area contributed by atoms with Crippen molar-refractivity contribution < 1.29 is 35.9 Å². The van der Waals surface area contributed by atoms with Crippen LogP contribution in [0.15, 0.2) is 48.1 Å². The predicted octanol–water partition coefficient (Wildman–Crippen LogP) is 6.10. The molecule has 0 N–H and O–H groups in total. The van der Waals surface area contributed by atoms with Crippen LogP contribution in [0.25, 0.3) is 6.08 Å². The first-order valence-corrected chi connectivity index (χ1v) is 7.42. The van der Waals surface area contributed by atoms with Crippen molar-refractivity contribution >= 4 is 12.0 Å². The fourth-order valence-corrected chi connectivity index (χ4v) is 1.48. The van der Waals surface area contributed by atoms with Crippen LogP contribution in [0.4, 0.5) is 26.3 Å². The van der Waals surface area contributed by atoms with Crippen LogP contribution in [-0.2, 0) is 9.53 Å². The highest BCUT2D eigenvalue weighted by Gasteiger charge is 2.50. The SMILES string of the molecule is C=C(C)C(=O)OC(F)(F)C(F)CC(F)(F)F.CC(C)=Cc1ccccc1. The minimum absolute atomic E-state index is 0.473. The van der Waals surface area contributed by atoms with Gasteiger partial charge in [-0.2, -0.15) is 22.0 Å². The summed E-state index contributed by atoms with van der Waals surface area (Å²) in [4.78, 5) is 10.6. The average Bonchev–Trinajstić information content (AvgIpc) is 2.46. The topological polar surface area (TPSA) is 26.3 Å². The molecule has 8 heteroatoms. The Morgan fingerprint density at radius 2 is 1.62 bits per heavy atom. The van der Waals surface area contributed by atoms with Gasteiger partial charge in [-0.25, -0.2) is 9.18 Å². The maximum absolute atomic E-state index is 12.6. The molecule has 0 aliphatic heterocycles. The molecule has 1 rings (SSSR count). The molecule has 0 bridgehead atoms. The van der Waals surface area contributed by atoms with Crippen molar-refractivity contribution in [2.75, 3.05) is 0 Å². The fourth-order valence-electron chi connectivity index (χ4n) is 1.48. The first kappa shape index (κ1) is 23.8. The van der Waals surface area contributed by atoms with Crippen molar-refractivity contribution in [1.82, 2.24) is 0 Å². The van der Waals surface area contributed by atoms with Crippen LogP contribution in [0.5, 0.6) is 0 Å². The van der Waals surface area contributed by atoms with E-state index in [9.17, 15) is 31.1 Å². The molecule has 0 fully saturated rings. The summed E-state index contributed by atoms with van der Waals surface area (Å²) in [6, 6.07) is 10.3. The number of halogens is 6. The standard InChI is InChI=1S/C10H12.C8H8F6O2/c1-9(2)8-10-6-4-3-5-7-10;1-4(2)6(15)16-8(13,14)5(9)3-7(10,11)12/h3-8H,1-2H3;5H,1,3H2,2H3. The molecule has 0 aliphatic carbocycles. The van der Waals surface area contributed by atoms with Crippen molar-refractivity contribution in [1.29, 1.82) is 0 Å². The molecule has 0 aromatic heterocycles. The summed E-state index contributed by atoms with van der Waals surface area (Å²) in [5.41, 5.74) is 2.15. The lowest BCUT2D eigenvalue weighted by molar-refractivity contribution is -0.275. The molecule has 0 radical (unpaired) electrons. The fraction of sp³-hybridized carbons (Fsp3) is 0.389. The molecule has 0 saturated heterocycles. The van der Waals surface area contributed by atoms with E-state index in [0.717, 1.165) is 6.92 Å². The number of alkyl halides is 6. The number of esters is 1. The Morgan fingerprint density at radius 1 is 1.12 bits per heavy atom. The number of ether oxygens (including phenoxy) is 1. The van der Waals surface area contributed by atoms with Gasteiger partial charge in [0.1, 0.15) is 0 Å². The zero-order valence-electron chi connectivity index (χ0n) is 14.5. The van der Waals surface area contributed by atoms with E-state index in [1.54, 1.807) is 0 Å². The second-order valence-electron chi connectivity index (χ2n) is 5.65. The molecular formula is C18H20F6O2. The number of hydrogen-bond donors (Lipinski definition) is 0. The predicted molar refractivity (Wildman–Crippen MR) is 87.2 cm³/mol. The second-order valence-corrected chi connectivity index (χ2v) is 5.65. The third kappa shape index (κ3) is 10.6. The number of hydrogen-bond acceptors (Lipinski definition) is 2. The van der Waals surface area contributed by atoms with Gasteiger partial charge in [-0.15, -0.1) is 0 Å². The molecule has 2 nitrogen and oxygen atoms in total. The summed E-state index contributed by atoms with van der Waals surface area (Å²) in [5, 5.41) is 0. The lowest BCUT2D eigenvalue weighted by Crippen LogP contribution is -2.38. The molecular weight excluding hydrogens is 362 g/mol. The number of allylic oxidation sites excluding steroid dienone is 1. The number of carbonyl (C=O) groups excluding carboxylic acids is 1. The van der Waals surface area contributed by atoms with Gasteiger partial charge in [0.25, 0.3) is 0 Å². The van der Waals surface area contributed by atoms with Gasteiger partial charge in [0, 0.05) is 5.57 Å². The maximum atomic E-state index is 12.6. The van der Waals surface area contributed by atoms with Gasteiger partial charge in [-0.1, -0.05) is 48.6 Å². The van der Waals surface area contributed by atoms with Gasteiger partial charge in [0.2, 0.25) is 6.17 Å². The Labute approximate surface area is 148 Å². The number of benzene rings is 1. The monoisotopic (exact) mass is 382 g/mol. The number of carbonyl (C=O) groups is 1. The first-order valence-electron chi connectivity index (χ1n) is 7.42. The van der Waals surface area contributed by atoms with Crippen LogP contribution in [0.2, 0.25) is 0 Å². The summed E-state index contributed by atoms with van der Waals surface area (Å²) in [6.45, 7) is 8.12. The third-order valence-corrected chi connectivity index (χ3v) is 2.61. The Hall–Kier alpha value is -2.25. The van der Waals surface area contributed by atoms with Crippen LogP contribution in [0, 0.1) is 0 Å². The van der Waals surface area contributed by atoms with Crippen LogP contribution < -0.4 is 0 Å². The summed E-state index contributed by atoms with van der Waals surface area (Å²) in [5.74, 6) is -1.66. The molecule has 0 saturated carbocycles. The Kier molecular flexibility index (Phi) is 9.17. The van der Waals surface area contributed by atoms with Crippen LogP contribution in [0.3, 0.4) is 0 Å². The van der Waals surface area contributed by atoms with Crippen molar-refractivity contribution in [2.45, 2.75) is 45.6 Å². The lowest BCUT2D eigenvalue weighted by atomic mass is 10.2. The van der Waals surface area contributed by atoms with Crippen LogP contribution in [-0.4, -0.2) is 24.4 Å². The van der Waals surface area contributed by atoms with Crippen molar-refractivity contribution in [3.63, 3.8) is 0 Å². The summed E-state index contributed by atoms with van der Waals surface area (Å²) < 4.78 is 75.8. The molecule has 1 unspecified atom stereocenters. The summed E-state index contributed by atoms with van der Waals surface area (Å²) in [7, 11) is 0. The molecule has 0 spiro atoms. The lowest BCUT2D eigenvalue weighted by Gasteiger charge is -2.21. The molecule has 0 heterocycles. The molecule has 26 heavy (non-hydrogen) atoms. The maximum Gasteiger partial charge on any atom is 0.432 e. The first-order chi connectivity index (χ1) is 11.7. The second kappa shape index (κ2) is 10.0. The van der Waals surface area contributed by atoms with Gasteiger partial charge in [-0.05, 0) is 26.3 Å². The highest BCUT2D eigenvalue weighted by molar-refractivity contribution is 5.87. The van der Waals surface area contributed by atoms with E-state index in [4.69, 9.17) is 0 Å². The zero-order valence-corrected chi connectivity index (χ0v) is 14.5. The molecule has 1 aromatic rings. The van der Waals surface area contributed by atoms with E-state index in [0.29, 0.717) is 0 Å². The zero-order chi connectivity index (χ0) is 20.5. The molecule has 0 aliphatic rings. The van der Waals surface area contributed by atoms with E-state index in [2.05, 4.69) is 55.5 Å². The van der Waals surface area contributed by atoms with Gasteiger partial charge in [0.15, 0.2) is 0 Å². The Balaban J connectivity index is 0.000000531. The molecule has 1 atom stereocenters. The van der Waals surface area contributed by atoms with Crippen LogP contribution in [0.1, 0.15) is 32.8 Å². The smallest absolute Gasteiger partial charge is 0.395 e. The third-order valence-electron chi connectivity index (χ3n) is 2.61. The molecule has 146 valence electrons. The Morgan fingerprint density at radius 3 is 2.00 bits per heavy atom. The van der Waals surface area contributed by atoms with Crippen molar-refractivity contribution in [2.24, 2.45) is 0 Å². The Bertz CT molecular complexity index is 616.